The molecular formula is C15H25ClN2O2. The highest BCUT2D eigenvalue weighted by Gasteiger charge is 2.16. The summed E-state index contributed by atoms with van der Waals surface area (Å²) in [4.78, 5) is 12.2. The fraction of sp³-hybridized carbons (Fsp3) is 0.733. The number of ketones is 1. The van der Waals surface area contributed by atoms with Crippen molar-refractivity contribution in [2.45, 2.75) is 58.4 Å². The molecule has 0 aromatic carbocycles. The molecule has 0 saturated heterocycles. The standard InChI is InChI=1S/C15H25ClN2O2/c1-3-4-5-6-7-8-9-14(19)15-13(16)12-17-18(15)10-11-20-2/h12H,3-11H2,1-2H3. The van der Waals surface area contributed by atoms with Crippen LogP contribution < -0.4 is 0 Å². The Labute approximate surface area is 126 Å². The molecule has 1 aromatic heterocycles. The molecule has 1 heterocycles. The van der Waals surface area contributed by atoms with Crippen LogP contribution in [-0.2, 0) is 11.3 Å². The van der Waals surface area contributed by atoms with Gasteiger partial charge in [-0.25, -0.2) is 0 Å². The van der Waals surface area contributed by atoms with Crippen molar-refractivity contribution in [1.29, 1.82) is 0 Å². The van der Waals surface area contributed by atoms with E-state index in [1.165, 1.54) is 31.9 Å². The van der Waals surface area contributed by atoms with E-state index in [0.29, 0.717) is 30.3 Å². The Morgan fingerprint density at radius 2 is 2.00 bits per heavy atom. The lowest BCUT2D eigenvalue weighted by atomic mass is 10.1. The minimum Gasteiger partial charge on any atom is -0.383 e. The Morgan fingerprint density at radius 3 is 2.70 bits per heavy atom. The Hall–Kier alpha value is -0.870. The molecule has 0 saturated carbocycles. The van der Waals surface area contributed by atoms with E-state index in [9.17, 15) is 4.79 Å². The number of carbonyl (C=O) groups excluding carboxylic acids is 1. The van der Waals surface area contributed by atoms with Crippen LogP contribution in [0.1, 0.15) is 62.4 Å². The molecule has 0 fully saturated rings. The highest BCUT2D eigenvalue weighted by atomic mass is 35.5. The van der Waals surface area contributed by atoms with Gasteiger partial charge in [0.1, 0.15) is 5.69 Å². The van der Waals surface area contributed by atoms with Gasteiger partial charge >= 0.3 is 0 Å². The summed E-state index contributed by atoms with van der Waals surface area (Å²) in [5.41, 5.74) is 0.525. The number of nitrogens with zero attached hydrogens (tertiary/aromatic N) is 2. The highest BCUT2D eigenvalue weighted by molar-refractivity contribution is 6.33. The fourth-order valence-electron chi connectivity index (χ4n) is 2.17. The molecule has 0 bridgehead atoms. The summed E-state index contributed by atoms with van der Waals surface area (Å²) in [6.07, 6.45) is 9.10. The summed E-state index contributed by atoms with van der Waals surface area (Å²) in [5.74, 6) is 0.0825. The lowest BCUT2D eigenvalue weighted by molar-refractivity contribution is 0.0965. The maximum absolute atomic E-state index is 12.2. The summed E-state index contributed by atoms with van der Waals surface area (Å²) in [5, 5.41) is 4.57. The van der Waals surface area contributed by atoms with E-state index < -0.39 is 0 Å². The number of Topliss-reactive ketones (excluding diaryl/α,β-unsaturated/α-hetero) is 1. The first-order chi connectivity index (χ1) is 9.70. The average Bonchev–Trinajstić information content (AvgIpc) is 2.81. The van der Waals surface area contributed by atoms with Gasteiger partial charge in [0.15, 0.2) is 5.78 Å². The van der Waals surface area contributed by atoms with Crippen molar-refractivity contribution >= 4 is 17.4 Å². The van der Waals surface area contributed by atoms with Crippen LogP contribution in [0.15, 0.2) is 6.20 Å². The molecule has 0 amide bonds. The molecule has 20 heavy (non-hydrogen) atoms. The Bertz CT molecular complexity index is 405. The van der Waals surface area contributed by atoms with Gasteiger partial charge in [-0.05, 0) is 6.42 Å². The maximum atomic E-state index is 12.2. The molecule has 4 nitrogen and oxygen atoms in total. The van der Waals surface area contributed by atoms with Crippen molar-refractivity contribution in [3.63, 3.8) is 0 Å². The van der Waals surface area contributed by atoms with Gasteiger partial charge in [-0.15, -0.1) is 0 Å². The smallest absolute Gasteiger partial charge is 0.182 e. The number of methoxy groups -OCH3 is 1. The molecule has 0 aliphatic heterocycles. The molecule has 0 N–H and O–H groups in total. The molecule has 1 rings (SSSR count). The topological polar surface area (TPSA) is 44.1 Å². The van der Waals surface area contributed by atoms with Crippen LogP contribution in [0.4, 0.5) is 0 Å². The Balaban J connectivity index is 2.40. The molecule has 0 unspecified atom stereocenters. The second kappa shape index (κ2) is 9.94. The van der Waals surface area contributed by atoms with Gasteiger partial charge in [0.05, 0.1) is 24.4 Å². The van der Waals surface area contributed by atoms with Gasteiger partial charge in [-0.2, -0.15) is 5.10 Å². The molecule has 114 valence electrons. The zero-order chi connectivity index (χ0) is 14.8. The van der Waals surface area contributed by atoms with Gasteiger partial charge in [-0.1, -0.05) is 50.6 Å². The molecule has 0 atom stereocenters. The van der Waals surface area contributed by atoms with Crippen LogP contribution in [0.5, 0.6) is 0 Å². The number of aromatic nitrogens is 2. The van der Waals surface area contributed by atoms with Gasteiger partial charge in [0.25, 0.3) is 0 Å². The van der Waals surface area contributed by atoms with Gasteiger partial charge in [-0.3, -0.25) is 9.48 Å². The summed E-state index contributed by atoms with van der Waals surface area (Å²) in [6, 6.07) is 0. The molecule has 5 heteroatoms. The normalized spacial score (nSPS) is 10.9. The molecule has 0 radical (unpaired) electrons. The number of ether oxygens (including phenoxy) is 1. The van der Waals surface area contributed by atoms with E-state index >= 15 is 0 Å². The quantitative estimate of drug-likeness (QED) is 0.456. The van der Waals surface area contributed by atoms with Crippen molar-refractivity contribution in [3.05, 3.63) is 16.9 Å². The van der Waals surface area contributed by atoms with Crippen LogP contribution >= 0.6 is 11.6 Å². The van der Waals surface area contributed by atoms with E-state index in [1.54, 1.807) is 11.8 Å². The third kappa shape index (κ3) is 5.63. The molecule has 0 aliphatic rings. The number of hydrogen-bond acceptors (Lipinski definition) is 3. The van der Waals surface area contributed by atoms with Crippen molar-refractivity contribution in [2.24, 2.45) is 0 Å². The average molecular weight is 301 g/mol. The Kier molecular flexibility index (Phi) is 8.54. The maximum Gasteiger partial charge on any atom is 0.182 e. The number of rotatable bonds is 11. The van der Waals surface area contributed by atoms with E-state index in [2.05, 4.69) is 12.0 Å². The minimum atomic E-state index is 0.0825. The SMILES string of the molecule is CCCCCCCCC(=O)c1c(Cl)cnn1CCOC. The highest BCUT2D eigenvalue weighted by Crippen LogP contribution is 2.18. The number of carbonyl (C=O) groups is 1. The largest absolute Gasteiger partial charge is 0.383 e. The first-order valence-corrected chi connectivity index (χ1v) is 7.82. The summed E-state index contributed by atoms with van der Waals surface area (Å²) in [6.45, 7) is 3.28. The zero-order valence-corrected chi connectivity index (χ0v) is 13.3. The summed E-state index contributed by atoms with van der Waals surface area (Å²) >= 11 is 6.06. The summed E-state index contributed by atoms with van der Waals surface area (Å²) in [7, 11) is 1.63. The molecular weight excluding hydrogens is 276 g/mol. The number of unbranched alkanes of at least 4 members (excludes halogenated alkanes) is 5. The van der Waals surface area contributed by atoms with Gasteiger partial charge < -0.3 is 4.74 Å². The minimum absolute atomic E-state index is 0.0825. The van der Waals surface area contributed by atoms with Crippen molar-refractivity contribution < 1.29 is 9.53 Å². The fourth-order valence-corrected chi connectivity index (χ4v) is 2.42. The first-order valence-electron chi connectivity index (χ1n) is 7.44. The second-order valence-electron chi connectivity index (χ2n) is 5.00. The predicted octanol–water partition coefficient (Wildman–Crippen LogP) is 4.12. The lowest BCUT2D eigenvalue weighted by Gasteiger charge is -2.07. The van der Waals surface area contributed by atoms with E-state index in [-0.39, 0.29) is 5.78 Å². The second-order valence-corrected chi connectivity index (χ2v) is 5.41. The Morgan fingerprint density at radius 1 is 1.30 bits per heavy atom. The van der Waals surface area contributed by atoms with Crippen LogP contribution in [0, 0.1) is 0 Å². The van der Waals surface area contributed by atoms with Gasteiger partial charge in [0, 0.05) is 13.5 Å². The number of hydrogen-bond donors (Lipinski definition) is 0. The number of halogens is 1. The summed E-state index contributed by atoms with van der Waals surface area (Å²) < 4.78 is 6.65. The third-order valence-electron chi connectivity index (χ3n) is 3.32. The van der Waals surface area contributed by atoms with Crippen LogP contribution in [0.3, 0.4) is 0 Å². The van der Waals surface area contributed by atoms with Gasteiger partial charge in [0.2, 0.25) is 0 Å². The van der Waals surface area contributed by atoms with Crippen molar-refractivity contribution in [2.75, 3.05) is 13.7 Å². The van der Waals surface area contributed by atoms with Crippen LogP contribution in [0.25, 0.3) is 0 Å². The molecule has 0 spiro atoms. The van der Waals surface area contributed by atoms with Crippen molar-refractivity contribution in [1.82, 2.24) is 9.78 Å². The molecule has 0 aliphatic carbocycles. The third-order valence-corrected chi connectivity index (χ3v) is 3.60. The first kappa shape index (κ1) is 17.2. The molecule has 1 aromatic rings. The van der Waals surface area contributed by atoms with E-state index in [1.807, 2.05) is 0 Å². The van der Waals surface area contributed by atoms with E-state index in [4.69, 9.17) is 16.3 Å². The zero-order valence-electron chi connectivity index (χ0n) is 12.5. The van der Waals surface area contributed by atoms with E-state index in [0.717, 1.165) is 12.8 Å². The monoisotopic (exact) mass is 300 g/mol. The van der Waals surface area contributed by atoms with Crippen LogP contribution in [0.2, 0.25) is 5.02 Å². The van der Waals surface area contributed by atoms with Crippen LogP contribution in [-0.4, -0.2) is 29.3 Å². The predicted molar refractivity (Wildman–Crippen MR) is 81.4 cm³/mol. The van der Waals surface area contributed by atoms with Crippen molar-refractivity contribution in [3.8, 4) is 0 Å². The lowest BCUT2D eigenvalue weighted by Crippen LogP contribution is -2.14.